The van der Waals surface area contributed by atoms with Gasteiger partial charge in [-0.15, -0.1) is 0 Å². The largest absolute Gasteiger partial charge is 0.505 e. The Hall–Kier alpha value is -3.02. The minimum atomic E-state index is -0.619. The first kappa shape index (κ1) is 17.8. The molecule has 3 N–H and O–H groups in total. The lowest BCUT2D eigenvalue weighted by atomic mass is 10.2. The number of rotatable bonds is 6. The summed E-state index contributed by atoms with van der Waals surface area (Å²) < 4.78 is 15.6. The molecular formula is C20H23FN4O. The van der Waals surface area contributed by atoms with Gasteiger partial charge in [0, 0.05) is 38.4 Å². The molecular weight excluding hydrogens is 331 g/mol. The lowest BCUT2D eigenvalue weighted by Crippen LogP contribution is -2.37. The van der Waals surface area contributed by atoms with Crippen molar-refractivity contribution in [3.8, 4) is 5.75 Å². The minimum Gasteiger partial charge on any atom is -0.505 e. The molecule has 26 heavy (non-hydrogen) atoms. The number of para-hydroxylation sites is 1. The molecule has 0 bridgehead atoms. The van der Waals surface area contributed by atoms with Gasteiger partial charge in [-0.05, 0) is 41.6 Å². The third-order valence-electron chi connectivity index (χ3n) is 4.24. The zero-order valence-corrected chi connectivity index (χ0v) is 14.7. The number of aliphatic imine (C=N–C) groups is 1. The van der Waals surface area contributed by atoms with E-state index in [4.69, 9.17) is 0 Å². The maximum atomic E-state index is 13.4. The van der Waals surface area contributed by atoms with Crippen LogP contribution in [-0.4, -0.2) is 29.2 Å². The minimum absolute atomic E-state index is 0.339. The van der Waals surface area contributed by atoms with Gasteiger partial charge >= 0.3 is 0 Å². The Morgan fingerprint density at radius 1 is 1.15 bits per heavy atom. The number of halogens is 1. The van der Waals surface area contributed by atoms with E-state index in [0.29, 0.717) is 12.5 Å². The molecule has 0 aliphatic carbocycles. The number of aromatic hydroxyl groups is 1. The Labute approximate surface area is 152 Å². The average molecular weight is 354 g/mol. The van der Waals surface area contributed by atoms with Crippen molar-refractivity contribution in [3.63, 3.8) is 0 Å². The highest BCUT2D eigenvalue weighted by Gasteiger charge is 2.03. The number of phenols is 1. The summed E-state index contributed by atoms with van der Waals surface area (Å²) in [7, 11) is 1.70. The van der Waals surface area contributed by atoms with Crippen molar-refractivity contribution < 1.29 is 9.50 Å². The molecule has 1 aromatic heterocycles. The Kier molecular flexibility index (Phi) is 5.73. The van der Waals surface area contributed by atoms with Crippen LogP contribution in [0.5, 0.6) is 5.75 Å². The fraction of sp³-hybridized carbons (Fsp3) is 0.250. The molecule has 0 fully saturated rings. The van der Waals surface area contributed by atoms with E-state index in [2.05, 4.69) is 50.7 Å². The maximum absolute atomic E-state index is 13.4. The van der Waals surface area contributed by atoms with Crippen molar-refractivity contribution in [1.82, 2.24) is 15.2 Å². The first-order chi connectivity index (χ1) is 12.7. The van der Waals surface area contributed by atoms with E-state index in [1.165, 1.54) is 23.0 Å². The Morgan fingerprint density at radius 3 is 2.81 bits per heavy atom. The highest BCUT2D eigenvalue weighted by atomic mass is 19.1. The van der Waals surface area contributed by atoms with Crippen LogP contribution in [0.4, 0.5) is 4.39 Å². The lowest BCUT2D eigenvalue weighted by molar-refractivity contribution is 0.431. The summed E-state index contributed by atoms with van der Waals surface area (Å²) in [6.45, 7) is 2.12. The molecule has 3 rings (SSSR count). The molecule has 0 saturated carbocycles. The summed E-state index contributed by atoms with van der Waals surface area (Å²) in [5, 5.41) is 16.9. The highest BCUT2D eigenvalue weighted by Crippen LogP contribution is 2.16. The molecule has 0 aliphatic heterocycles. The van der Waals surface area contributed by atoms with Gasteiger partial charge in [0.1, 0.15) is 0 Å². The van der Waals surface area contributed by atoms with Gasteiger partial charge in [0.25, 0.3) is 0 Å². The standard InChI is InChI=1S/C20H23FN4O/c1-22-20(24-14-15-7-8-19(26)17(21)13-15)23-10-4-11-25-12-9-16-5-2-3-6-18(16)25/h2-3,5-9,12-13,26H,4,10-11,14H2,1H3,(H2,22,23,24). The topological polar surface area (TPSA) is 61.6 Å². The molecule has 0 spiro atoms. The number of phenolic OH excluding ortho intramolecular Hbond substituents is 1. The van der Waals surface area contributed by atoms with Gasteiger partial charge in [-0.25, -0.2) is 4.39 Å². The monoisotopic (exact) mass is 354 g/mol. The number of nitrogens with zero attached hydrogens (tertiary/aromatic N) is 2. The second-order valence-corrected chi connectivity index (χ2v) is 6.06. The first-order valence-corrected chi connectivity index (χ1v) is 8.63. The number of aryl methyl sites for hydroxylation is 1. The quantitative estimate of drug-likeness (QED) is 0.362. The fourth-order valence-corrected chi connectivity index (χ4v) is 2.86. The van der Waals surface area contributed by atoms with Crippen molar-refractivity contribution in [2.45, 2.75) is 19.5 Å². The summed E-state index contributed by atoms with van der Waals surface area (Å²) >= 11 is 0. The van der Waals surface area contributed by atoms with Crippen molar-refractivity contribution >= 4 is 16.9 Å². The maximum Gasteiger partial charge on any atom is 0.191 e. The van der Waals surface area contributed by atoms with Crippen LogP contribution in [0.15, 0.2) is 59.7 Å². The van der Waals surface area contributed by atoms with Crippen LogP contribution in [0.1, 0.15) is 12.0 Å². The number of benzene rings is 2. The summed E-state index contributed by atoms with van der Waals surface area (Å²) in [6, 6.07) is 14.8. The summed E-state index contributed by atoms with van der Waals surface area (Å²) in [6.07, 6.45) is 3.06. The van der Waals surface area contributed by atoms with E-state index in [1.54, 1.807) is 13.1 Å². The normalized spacial score (nSPS) is 11.7. The van der Waals surface area contributed by atoms with Gasteiger partial charge in [0.2, 0.25) is 0 Å². The second kappa shape index (κ2) is 8.38. The molecule has 3 aromatic rings. The molecule has 0 saturated heterocycles. The van der Waals surface area contributed by atoms with Crippen LogP contribution in [0, 0.1) is 5.82 Å². The molecule has 0 radical (unpaired) electrons. The predicted octanol–water partition coefficient (Wildman–Crippen LogP) is 3.24. The number of hydrogen-bond acceptors (Lipinski definition) is 2. The van der Waals surface area contributed by atoms with Crippen molar-refractivity contribution in [2.75, 3.05) is 13.6 Å². The van der Waals surface area contributed by atoms with Gasteiger partial charge in [-0.1, -0.05) is 24.3 Å². The van der Waals surface area contributed by atoms with Crippen LogP contribution in [0.2, 0.25) is 0 Å². The van der Waals surface area contributed by atoms with Gasteiger partial charge in [-0.3, -0.25) is 4.99 Å². The highest BCUT2D eigenvalue weighted by molar-refractivity contribution is 5.80. The lowest BCUT2D eigenvalue weighted by Gasteiger charge is -2.12. The fourth-order valence-electron chi connectivity index (χ4n) is 2.86. The van der Waals surface area contributed by atoms with E-state index in [-0.39, 0.29) is 5.75 Å². The van der Waals surface area contributed by atoms with Crippen LogP contribution in [0.3, 0.4) is 0 Å². The Bertz CT molecular complexity index is 904. The van der Waals surface area contributed by atoms with Gasteiger partial charge in [0.15, 0.2) is 17.5 Å². The van der Waals surface area contributed by atoms with Crippen molar-refractivity contribution in [1.29, 1.82) is 0 Å². The van der Waals surface area contributed by atoms with Crippen molar-refractivity contribution in [3.05, 3.63) is 66.1 Å². The van der Waals surface area contributed by atoms with Crippen molar-refractivity contribution in [2.24, 2.45) is 4.99 Å². The Balaban J connectivity index is 1.45. The van der Waals surface area contributed by atoms with Crippen LogP contribution < -0.4 is 10.6 Å². The SMILES string of the molecule is CN=C(NCCCn1ccc2ccccc21)NCc1ccc(O)c(F)c1. The molecule has 136 valence electrons. The number of guanidine groups is 1. The van der Waals surface area contributed by atoms with E-state index in [1.807, 2.05) is 6.07 Å². The third-order valence-corrected chi connectivity index (χ3v) is 4.24. The molecule has 0 amide bonds. The van der Waals surface area contributed by atoms with Crippen LogP contribution in [0.25, 0.3) is 10.9 Å². The molecule has 0 unspecified atom stereocenters. The van der Waals surface area contributed by atoms with Gasteiger partial charge < -0.3 is 20.3 Å². The number of hydrogen-bond donors (Lipinski definition) is 3. The smallest absolute Gasteiger partial charge is 0.191 e. The predicted molar refractivity (Wildman–Crippen MR) is 103 cm³/mol. The number of nitrogens with one attached hydrogen (secondary N) is 2. The summed E-state index contributed by atoms with van der Waals surface area (Å²) in [5.41, 5.74) is 1.98. The zero-order valence-electron chi connectivity index (χ0n) is 14.7. The molecule has 6 heteroatoms. The zero-order chi connectivity index (χ0) is 18.4. The molecule has 5 nitrogen and oxygen atoms in total. The number of fused-ring (bicyclic) bond motifs is 1. The van der Waals surface area contributed by atoms with E-state index in [9.17, 15) is 9.50 Å². The van der Waals surface area contributed by atoms with Crippen LogP contribution in [-0.2, 0) is 13.1 Å². The first-order valence-electron chi connectivity index (χ1n) is 8.63. The third kappa shape index (κ3) is 4.33. The Morgan fingerprint density at radius 2 is 2.00 bits per heavy atom. The molecule has 2 aromatic carbocycles. The van der Waals surface area contributed by atoms with Crippen LogP contribution >= 0.6 is 0 Å². The van der Waals surface area contributed by atoms with E-state index in [0.717, 1.165) is 25.1 Å². The molecule has 0 aliphatic rings. The van der Waals surface area contributed by atoms with E-state index < -0.39 is 5.82 Å². The average Bonchev–Trinajstić information content (AvgIpc) is 3.07. The molecule has 0 atom stereocenters. The van der Waals surface area contributed by atoms with Gasteiger partial charge in [0.05, 0.1) is 0 Å². The second-order valence-electron chi connectivity index (χ2n) is 6.06. The summed E-state index contributed by atoms with van der Waals surface area (Å²) in [4.78, 5) is 4.17. The molecule has 1 heterocycles. The van der Waals surface area contributed by atoms with E-state index >= 15 is 0 Å². The van der Waals surface area contributed by atoms with Gasteiger partial charge in [-0.2, -0.15) is 0 Å². The summed E-state index contributed by atoms with van der Waals surface area (Å²) in [5.74, 6) is -0.296. The number of aromatic nitrogens is 1.